The van der Waals surface area contributed by atoms with Crippen molar-refractivity contribution in [2.24, 2.45) is 13.0 Å². The monoisotopic (exact) mass is 490 g/mol. The Bertz CT molecular complexity index is 1070. The molecular formula is C24H34N4O5S. The number of carbonyl (C=O) groups excluding carboxylic acids is 2. The molecule has 186 valence electrons. The fraction of sp³-hybridized carbons (Fsp3) is 0.542. The van der Waals surface area contributed by atoms with Gasteiger partial charge in [-0.05, 0) is 38.7 Å². The van der Waals surface area contributed by atoms with Crippen LogP contribution in [0, 0.1) is 12.8 Å². The average Bonchev–Trinajstić information content (AvgIpc) is 3.18. The first-order valence-electron chi connectivity index (χ1n) is 11.7. The third kappa shape index (κ3) is 6.04. The van der Waals surface area contributed by atoms with E-state index in [1.54, 1.807) is 25.5 Å². The van der Waals surface area contributed by atoms with E-state index < -0.39 is 28.0 Å². The Morgan fingerprint density at radius 1 is 1.21 bits per heavy atom. The molecule has 1 aliphatic rings. The quantitative estimate of drug-likeness (QED) is 0.541. The minimum atomic E-state index is -3.71. The Kier molecular flexibility index (Phi) is 8.48. The zero-order valence-electron chi connectivity index (χ0n) is 20.2. The summed E-state index contributed by atoms with van der Waals surface area (Å²) >= 11 is 0. The molecule has 1 amide bonds. The van der Waals surface area contributed by atoms with Crippen molar-refractivity contribution in [1.82, 2.24) is 19.2 Å². The second-order valence-electron chi connectivity index (χ2n) is 8.76. The molecule has 1 aliphatic heterocycles. The molecule has 1 N–H and O–H groups in total. The normalized spacial score (nSPS) is 17.2. The molecule has 2 heterocycles. The fourth-order valence-corrected chi connectivity index (χ4v) is 5.52. The summed E-state index contributed by atoms with van der Waals surface area (Å²) in [6.07, 6.45) is 2.90. The van der Waals surface area contributed by atoms with Gasteiger partial charge in [-0.25, -0.2) is 13.4 Å². The van der Waals surface area contributed by atoms with Gasteiger partial charge in [-0.15, -0.1) is 0 Å². The van der Waals surface area contributed by atoms with Crippen molar-refractivity contribution in [2.45, 2.75) is 63.6 Å². The molecule has 3 rings (SSSR count). The number of hydrogen-bond acceptors (Lipinski definition) is 6. The number of rotatable bonds is 9. The van der Waals surface area contributed by atoms with Gasteiger partial charge in [0.15, 0.2) is 11.1 Å². The minimum Gasteiger partial charge on any atom is -0.452 e. The fourth-order valence-electron chi connectivity index (χ4n) is 4.02. The topological polar surface area (TPSA) is 111 Å². The molecule has 34 heavy (non-hydrogen) atoms. The molecular weight excluding hydrogens is 456 g/mol. The predicted molar refractivity (Wildman–Crippen MR) is 127 cm³/mol. The zero-order chi connectivity index (χ0) is 24.9. The molecule has 1 aromatic carbocycles. The van der Waals surface area contributed by atoms with Gasteiger partial charge in [-0.3, -0.25) is 9.59 Å². The van der Waals surface area contributed by atoms with Crippen LogP contribution in [-0.2, 0) is 31.4 Å². The second kappa shape index (κ2) is 11.1. The number of ether oxygens (including phenoxy) is 1. The number of piperidine rings is 1. The lowest BCUT2D eigenvalue weighted by Gasteiger charge is -2.30. The Balaban J connectivity index is 1.53. The SMILES string of the molecule is CCCC(NC(=O)C(C)OC(=O)C1CCN(S(=O)(=O)c2cn(C)c(C)n2)CC1)c1ccccc1. The van der Waals surface area contributed by atoms with Crippen LogP contribution in [0.25, 0.3) is 0 Å². The van der Waals surface area contributed by atoms with Crippen LogP contribution in [0.1, 0.15) is 57.0 Å². The summed E-state index contributed by atoms with van der Waals surface area (Å²) in [5, 5.41) is 2.99. The number of esters is 1. The van der Waals surface area contributed by atoms with Crippen LogP contribution in [0.15, 0.2) is 41.6 Å². The molecule has 1 aromatic heterocycles. The van der Waals surface area contributed by atoms with Gasteiger partial charge >= 0.3 is 5.97 Å². The number of nitrogens with zero attached hydrogens (tertiary/aromatic N) is 3. The number of sulfonamides is 1. The standard InChI is InChI=1S/C24H34N4O5S/c1-5-9-21(19-10-7-6-8-11-19)26-23(29)17(2)33-24(30)20-12-14-28(15-13-20)34(31,32)22-16-27(4)18(3)25-22/h6-8,10-11,16-17,20-21H,5,9,12-15H2,1-4H3,(H,26,29). The molecule has 2 unspecified atom stereocenters. The van der Waals surface area contributed by atoms with Crippen molar-refractivity contribution in [3.63, 3.8) is 0 Å². The highest BCUT2D eigenvalue weighted by Crippen LogP contribution is 2.25. The van der Waals surface area contributed by atoms with Gasteiger partial charge in [0.25, 0.3) is 15.9 Å². The van der Waals surface area contributed by atoms with Gasteiger partial charge < -0.3 is 14.6 Å². The number of amides is 1. The lowest BCUT2D eigenvalue weighted by Crippen LogP contribution is -2.43. The molecule has 1 fully saturated rings. The van der Waals surface area contributed by atoms with E-state index in [1.165, 1.54) is 10.5 Å². The van der Waals surface area contributed by atoms with Gasteiger partial charge in [-0.2, -0.15) is 4.31 Å². The van der Waals surface area contributed by atoms with Crippen molar-refractivity contribution >= 4 is 21.9 Å². The Labute approximate surface area is 201 Å². The molecule has 0 saturated carbocycles. The molecule has 0 aliphatic carbocycles. The van der Waals surface area contributed by atoms with Gasteiger partial charge in [-0.1, -0.05) is 43.7 Å². The van der Waals surface area contributed by atoms with E-state index in [0.717, 1.165) is 18.4 Å². The molecule has 0 bridgehead atoms. The molecule has 1 saturated heterocycles. The van der Waals surface area contributed by atoms with E-state index >= 15 is 0 Å². The number of benzene rings is 1. The van der Waals surface area contributed by atoms with Crippen molar-refractivity contribution in [3.8, 4) is 0 Å². The minimum absolute atomic E-state index is 0.0128. The highest BCUT2D eigenvalue weighted by atomic mass is 32.2. The van der Waals surface area contributed by atoms with Crippen LogP contribution < -0.4 is 5.32 Å². The molecule has 0 spiro atoms. The average molecular weight is 491 g/mol. The van der Waals surface area contributed by atoms with E-state index in [2.05, 4.69) is 10.3 Å². The lowest BCUT2D eigenvalue weighted by atomic mass is 9.98. The molecule has 0 radical (unpaired) electrons. The Hall–Kier alpha value is -2.72. The smallest absolute Gasteiger partial charge is 0.309 e. The van der Waals surface area contributed by atoms with Crippen LogP contribution in [-0.4, -0.2) is 53.3 Å². The van der Waals surface area contributed by atoms with Gasteiger partial charge in [0.2, 0.25) is 0 Å². The summed E-state index contributed by atoms with van der Waals surface area (Å²) in [6, 6.07) is 9.55. The molecule has 9 nitrogen and oxygen atoms in total. The first-order valence-corrected chi connectivity index (χ1v) is 13.1. The summed E-state index contributed by atoms with van der Waals surface area (Å²) in [7, 11) is -1.97. The van der Waals surface area contributed by atoms with E-state index in [1.807, 2.05) is 37.3 Å². The van der Waals surface area contributed by atoms with Crippen LogP contribution in [0.3, 0.4) is 0 Å². The van der Waals surface area contributed by atoms with Crippen molar-refractivity contribution < 1.29 is 22.7 Å². The van der Waals surface area contributed by atoms with Crippen LogP contribution >= 0.6 is 0 Å². The first-order chi connectivity index (χ1) is 16.1. The molecule has 2 aromatic rings. The summed E-state index contributed by atoms with van der Waals surface area (Å²) in [5.74, 6) is -0.660. The van der Waals surface area contributed by atoms with Crippen LogP contribution in [0.2, 0.25) is 0 Å². The predicted octanol–water partition coefficient (Wildman–Crippen LogP) is 2.72. The summed E-state index contributed by atoms with van der Waals surface area (Å²) in [4.78, 5) is 29.5. The van der Waals surface area contributed by atoms with Crippen molar-refractivity contribution in [2.75, 3.05) is 13.1 Å². The summed E-state index contributed by atoms with van der Waals surface area (Å²) in [6.45, 7) is 5.75. The molecule has 10 heteroatoms. The Morgan fingerprint density at radius 3 is 2.41 bits per heavy atom. The van der Waals surface area contributed by atoms with Gasteiger partial charge in [0.05, 0.1) is 12.0 Å². The highest BCUT2D eigenvalue weighted by Gasteiger charge is 2.35. The number of aromatic nitrogens is 2. The van der Waals surface area contributed by atoms with Crippen molar-refractivity contribution in [3.05, 3.63) is 47.9 Å². The van der Waals surface area contributed by atoms with E-state index in [4.69, 9.17) is 4.74 Å². The number of aryl methyl sites for hydroxylation is 2. The Morgan fingerprint density at radius 2 is 1.85 bits per heavy atom. The lowest BCUT2D eigenvalue weighted by molar-refractivity contribution is -0.160. The van der Waals surface area contributed by atoms with Crippen molar-refractivity contribution in [1.29, 1.82) is 0 Å². The van der Waals surface area contributed by atoms with E-state index in [0.29, 0.717) is 18.7 Å². The third-order valence-electron chi connectivity index (χ3n) is 6.24. The third-order valence-corrected chi connectivity index (χ3v) is 8.01. The maximum absolute atomic E-state index is 12.9. The summed E-state index contributed by atoms with van der Waals surface area (Å²) in [5.41, 5.74) is 1.01. The number of imidazole rings is 1. The zero-order valence-corrected chi connectivity index (χ0v) is 21.0. The number of carbonyl (C=O) groups is 2. The maximum atomic E-state index is 12.9. The molecule has 2 atom stereocenters. The van der Waals surface area contributed by atoms with Crippen LogP contribution in [0.5, 0.6) is 0 Å². The van der Waals surface area contributed by atoms with Crippen LogP contribution in [0.4, 0.5) is 0 Å². The largest absolute Gasteiger partial charge is 0.452 e. The maximum Gasteiger partial charge on any atom is 0.309 e. The van der Waals surface area contributed by atoms with Gasteiger partial charge in [0, 0.05) is 26.3 Å². The second-order valence-corrected chi connectivity index (χ2v) is 10.6. The van der Waals surface area contributed by atoms with Gasteiger partial charge in [0.1, 0.15) is 5.82 Å². The first kappa shape index (κ1) is 25.9. The number of hydrogen-bond donors (Lipinski definition) is 1. The van der Waals surface area contributed by atoms with E-state index in [-0.39, 0.29) is 30.1 Å². The summed E-state index contributed by atoms with van der Waals surface area (Å²) < 4.78 is 34.2. The number of nitrogens with one attached hydrogen (secondary N) is 1. The highest BCUT2D eigenvalue weighted by molar-refractivity contribution is 7.89. The van der Waals surface area contributed by atoms with E-state index in [9.17, 15) is 18.0 Å².